The Hall–Kier alpha value is -2.68. The van der Waals surface area contributed by atoms with Crippen LogP contribution in [0.25, 0.3) is 0 Å². The number of carboxylic acids is 1. The van der Waals surface area contributed by atoms with Crippen molar-refractivity contribution in [2.24, 2.45) is 0 Å². The zero-order valence-electron chi connectivity index (χ0n) is 10.2. The number of carbonyl (C=O) groups is 2. The van der Waals surface area contributed by atoms with Crippen LogP contribution in [0.15, 0.2) is 39.4 Å². The smallest absolute Gasteiger partial charge is 0.338 e. The van der Waals surface area contributed by atoms with Crippen molar-refractivity contribution in [2.75, 3.05) is 5.32 Å². The fraction of sp³-hybridized carbons (Fsp3) is 0. The Kier molecular flexibility index (Phi) is 4.03. The van der Waals surface area contributed by atoms with Crippen LogP contribution in [0.4, 0.5) is 11.4 Å². The number of hydrogen-bond acceptors (Lipinski definition) is 5. The second-order valence-corrected chi connectivity index (χ2v) is 4.74. The van der Waals surface area contributed by atoms with Gasteiger partial charge in [-0.15, -0.1) is 0 Å². The van der Waals surface area contributed by atoms with Gasteiger partial charge in [0, 0.05) is 17.8 Å². The molecule has 21 heavy (non-hydrogen) atoms. The van der Waals surface area contributed by atoms with E-state index in [0.717, 1.165) is 12.3 Å². The van der Waals surface area contributed by atoms with Gasteiger partial charge in [-0.05, 0) is 28.1 Å². The minimum Gasteiger partial charge on any atom is -0.478 e. The van der Waals surface area contributed by atoms with E-state index in [9.17, 15) is 19.7 Å². The Balaban J connectivity index is 2.21. The molecule has 2 rings (SSSR count). The third kappa shape index (κ3) is 3.26. The van der Waals surface area contributed by atoms with Crippen LogP contribution in [0.3, 0.4) is 0 Å². The fourth-order valence-corrected chi connectivity index (χ4v) is 1.88. The molecule has 0 atom stereocenters. The summed E-state index contributed by atoms with van der Waals surface area (Å²) in [6.45, 7) is 0. The number of furan rings is 1. The van der Waals surface area contributed by atoms with Crippen LogP contribution < -0.4 is 5.32 Å². The lowest BCUT2D eigenvalue weighted by molar-refractivity contribution is -0.385. The van der Waals surface area contributed by atoms with Crippen molar-refractivity contribution in [3.63, 3.8) is 0 Å². The van der Waals surface area contributed by atoms with E-state index in [4.69, 9.17) is 9.52 Å². The molecule has 0 unspecified atom stereocenters. The normalized spacial score (nSPS) is 10.1. The largest absolute Gasteiger partial charge is 0.478 e. The number of amides is 1. The van der Waals surface area contributed by atoms with Gasteiger partial charge in [-0.2, -0.15) is 0 Å². The molecule has 0 saturated heterocycles. The number of nitrogens with zero attached hydrogens (tertiary/aromatic N) is 1. The minimum atomic E-state index is -1.22. The molecule has 0 spiro atoms. The molecule has 0 aliphatic heterocycles. The van der Waals surface area contributed by atoms with Crippen LogP contribution in [0.1, 0.15) is 20.9 Å². The van der Waals surface area contributed by atoms with E-state index < -0.39 is 16.8 Å². The molecule has 1 amide bonds. The second kappa shape index (κ2) is 5.75. The number of nitro groups is 1. The number of benzene rings is 1. The molecule has 0 radical (unpaired) electrons. The molecule has 0 bridgehead atoms. The molecule has 1 aromatic carbocycles. The summed E-state index contributed by atoms with van der Waals surface area (Å²) in [4.78, 5) is 32.7. The minimum absolute atomic E-state index is 0.165. The highest BCUT2D eigenvalue weighted by molar-refractivity contribution is 9.10. The first kappa shape index (κ1) is 14.7. The molecule has 0 aliphatic rings. The van der Waals surface area contributed by atoms with Crippen molar-refractivity contribution in [3.8, 4) is 0 Å². The number of carbonyl (C=O) groups excluding carboxylic acids is 1. The Bertz CT molecular complexity index is 739. The zero-order valence-corrected chi connectivity index (χ0v) is 11.8. The van der Waals surface area contributed by atoms with Gasteiger partial charge < -0.3 is 14.8 Å². The lowest BCUT2D eigenvalue weighted by Crippen LogP contribution is -2.11. The monoisotopic (exact) mass is 354 g/mol. The van der Waals surface area contributed by atoms with Gasteiger partial charge in [0.2, 0.25) is 0 Å². The average Bonchev–Trinajstić information content (AvgIpc) is 2.90. The van der Waals surface area contributed by atoms with Crippen molar-refractivity contribution in [2.45, 2.75) is 0 Å². The van der Waals surface area contributed by atoms with Gasteiger partial charge in [-0.25, -0.2) is 4.79 Å². The van der Waals surface area contributed by atoms with E-state index in [2.05, 4.69) is 21.2 Å². The number of anilines is 1. The van der Waals surface area contributed by atoms with Crippen LogP contribution in [-0.4, -0.2) is 21.9 Å². The SMILES string of the molecule is O=C(O)c1coc(C(=O)Nc2ccc(Br)c([N+](=O)[O-])c2)c1. The number of nitro benzene ring substituents is 1. The molecule has 8 nitrogen and oxygen atoms in total. The summed E-state index contributed by atoms with van der Waals surface area (Å²) in [7, 11) is 0. The van der Waals surface area contributed by atoms with Crippen molar-refractivity contribution in [3.05, 3.63) is 56.4 Å². The lowest BCUT2D eigenvalue weighted by atomic mass is 10.2. The average molecular weight is 355 g/mol. The molecule has 0 aliphatic carbocycles. The van der Waals surface area contributed by atoms with Gasteiger partial charge in [-0.1, -0.05) is 0 Å². The highest BCUT2D eigenvalue weighted by Gasteiger charge is 2.17. The first-order valence-electron chi connectivity index (χ1n) is 5.45. The first-order chi connectivity index (χ1) is 9.88. The number of rotatable bonds is 4. The van der Waals surface area contributed by atoms with Crippen molar-refractivity contribution in [1.29, 1.82) is 0 Å². The van der Waals surface area contributed by atoms with E-state index in [1.807, 2.05) is 0 Å². The molecule has 2 N–H and O–H groups in total. The zero-order chi connectivity index (χ0) is 15.6. The molecule has 0 fully saturated rings. The summed E-state index contributed by atoms with van der Waals surface area (Å²) in [6.07, 6.45) is 0.932. The topological polar surface area (TPSA) is 123 Å². The third-order valence-corrected chi connectivity index (χ3v) is 3.14. The van der Waals surface area contributed by atoms with E-state index in [0.29, 0.717) is 0 Å². The van der Waals surface area contributed by atoms with Gasteiger partial charge >= 0.3 is 5.97 Å². The number of aromatic carboxylic acids is 1. The van der Waals surface area contributed by atoms with Gasteiger partial charge in [0.15, 0.2) is 5.76 Å². The van der Waals surface area contributed by atoms with E-state index in [-0.39, 0.29) is 27.2 Å². The molecule has 1 heterocycles. The maximum Gasteiger partial charge on any atom is 0.338 e. The Morgan fingerprint density at radius 3 is 2.62 bits per heavy atom. The number of hydrogen-bond donors (Lipinski definition) is 2. The predicted molar refractivity (Wildman–Crippen MR) is 74.4 cm³/mol. The first-order valence-corrected chi connectivity index (χ1v) is 6.25. The second-order valence-electron chi connectivity index (χ2n) is 3.88. The Morgan fingerprint density at radius 2 is 2.05 bits per heavy atom. The molecule has 9 heteroatoms. The van der Waals surface area contributed by atoms with Crippen molar-refractivity contribution in [1.82, 2.24) is 0 Å². The van der Waals surface area contributed by atoms with Crippen molar-refractivity contribution >= 4 is 39.2 Å². The summed E-state index contributed by atoms with van der Waals surface area (Å²) < 4.78 is 5.10. The Morgan fingerprint density at radius 1 is 1.33 bits per heavy atom. The molecular formula is C12H7BrN2O6. The van der Waals surface area contributed by atoms with E-state index in [1.54, 1.807) is 0 Å². The molecule has 0 saturated carbocycles. The van der Waals surface area contributed by atoms with Gasteiger partial charge in [0.25, 0.3) is 11.6 Å². The molecular weight excluding hydrogens is 348 g/mol. The summed E-state index contributed by atoms with van der Waals surface area (Å²) in [6, 6.07) is 5.10. The van der Waals surface area contributed by atoms with E-state index in [1.165, 1.54) is 18.2 Å². The molecule has 108 valence electrons. The van der Waals surface area contributed by atoms with Gasteiger partial charge in [-0.3, -0.25) is 14.9 Å². The lowest BCUT2D eigenvalue weighted by Gasteiger charge is -2.03. The molecule has 2 aromatic rings. The van der Waals surface area contributed by atoms with Crippen LogP contribution in [0.2, 0.25) is 0 Å². The highest BCUT2D eigenvalue weighted by atomic mass is 79.9. The number of halogens is 1. The van der Waals surface area contributed by atoms with Crippen LogP contribution in [0.5, 0.6) is 0 Å². The molecule has 1 aromatic heterocycles. The Labute approximate surface area is 125 Å². The summed E-state index contributed by atoms with van der Waals surface area (Å²) in [5.74, 6) is -2.14. The third-order valence-electron chi connectivity index (χ3n) is 2.47. The van der Waals surface area contributed by atoms with E-state index >= 15 is 0 Å². The maximum atomic E-state index is 11.8. The van der Waals surface area contributed by atoms with Crippen LogP contribution in [0, 0.1) is 10.1 Å². The van der Waals surface area contributed by atoms with Crippen LogP contribution in [-0.2, 0) is 0 Å². The number of carboxylic acid groups (broad SMARTS) is 1. The summed E-state index contributed by atoms with van der Waals surface area (Å²) in [5, 5.41) is 21.9. The summed E-state index contributed by atoms with van der Waals surface area (Å²) in [5.41, 5.74) is -0.191. The van der Waals surface area contributed by atoms with Gasteiger partial charge in [0.05, 0.1) is 15.0 Å². The maximum absolute atomic E-state index is 11.8. The van der Waals surface area contributed by atoms with Gasteiger partial charge in [0.1, 0.15) is 6.26 Å². The van der Waals surface area contributed by atoms with Crippen LogP contribution >= 0.6 is 15.9 Å². The summed E-state index contributed by atoms with van der Waals surface area (Å²) >= 11 is 3.02. The standard InChI is InChI=1S/C12H7BrN2O6/c13-8-2-1-7(4-9(8)15(19)20)14-11(16)10-3-6(5-21-10)12(17)18/h1-5H,(H,14,16)(H,17,18). The van der Waals surface area contributed by atoms with Crippen molar-refractivity contribution < 1.29 is 24.0 Å². The fourth-order valence-electron chi connectivity index (χ4n) is 1.49. The highest BCUT2D eigenvalue weighted by Crippen LogP contribution is 2.28. The number of nitrogens with one attached hydrogen (secondary N) is 1. The quantitative estimate of drug-likeness (QED) is 0.642. The predicted octanol–water partition coefficient (Wildman–Crippen LogP) is 2.90.